The van der Waals surface area contributed by atoms with Crippen LogP contribution < -0.4 is 5.76 Å². The summed E-state index contributed by atoms with van der Waals surface area (Å²) in [6.07, 6.45) is 1.60. The molecule has 0 saturated carbocycles. The first-order chi connectivity index (χ1) is 14.0. The smallest absolute Gasteiger partial charge is 0.387 e. The van der Waals surface area contributed by atoms with Gasteiger partial charge in [0.1, 0.15) is 6.67 Å². The van der Waals surface area contributed by atoms with Crippen LogP contribution in [-0.2, 0) is 16.7 Å². The van der Waals surface area contributed by atoms with Crippen LogP contribution in [0.15, 0.2) is 62.5 Å². The molecule has 1 fully saturated rings. The Morgan fingerprint density at radius 1 is 1.07 bits per heavy atom. The fraction of sp³-hybridized carbons (Fsp3) is 0.263. The van der Waals surface area contributed by atoms with Crippen molar-refractivity contribution in [1.82, 2.24) is 19.0 Å². The Morgan fingerprint density at radius 2 is 1.83 bits per heavy atom. The average Bonchev–Trinajstić information content (AvgIpc) is 3.38. The van der Waals surface area contributed by atoms with E-state index in [1.54, 1.807) is 6.08 Å². The van der Waals surface area contributed by atoms with Crippen molar-refractivity contribution >= 4 is 27.4 Å². The molecule has 3 heterocycles. The minimum Gasteiger partial charge on any atom is -0.387 e. The van der Waals surface area contributed by atoms with E-state index in [9.17, 15) is 13.2 Å². The number of hydrogen-bond acceptors (Lipinski definition) is 7. The molecule has 0 bridgehead atoms. The zero-order valence-corrected chi connectivity index (χ0v) is 17.2. The third-order valence-electron chi connectivity index (χ3n) is 4.60. The van der Waals surface area contributed by atoms with Gasteiger partial charge in [-0.25, -0.2) is 13.2 Å². The van der Waals surface area contributed by atoms with Crippen molar-refractivity contribution < 1.29 is 12.8 Å². The van der Waals surface area contributed by atoms with E-state index in [-0.39, 0.29) is 6.67 Å². The predicted molar refractivity (Wildman–Crippen MR) is 112 cm³/mol. The second-order valence-corrected chi connectivity index (χ2v) is 9.33. The number of aromatic nitrogens is 2. The lowest BCUT2D eigenvalue weighted by Crippen LogP contribution is -2.49. The number of thiophene rings is 1. The molecule has 8 nitrogen and oxygen atoms in total. The summed E-state index contributed by atoms with van der Waals surface area (Å²) in [4.78, 5) is 14.8. The molecule has 1 aromatic carbocycles. The van der Waals surface area contributed by atoms with Crippen LogP contribution in [0, 0.1) is 0 Å². The Balaban J connectivity index is 1.36. The molecule has 0 radical (unpaired) electrons. The van der Waals surface area contributed by atoms with Gasteiger partial charge in [-0.15, -0.1) is 16.4 Å². The highest BCUT2D eigenvalue weighted by atomic mass is 32.2. The number of hydrogen-bond donors (Lipinski definition) is 0. The van der Waals surface area contributed by atoms with Crippen molar-refractivity contribution in [2.75, 3.05) is 26.2 Å². The molecule has 3 aromatic rings. The fourth-order valence-electron chi connectivity index (χ4n) is 3.03. The molecule has 1 aliphatic heterocycles. The quantitative estimate of drug-likeness (QED) is 0.593. The maximum absolute atomic E-state index is 12.6. The molecule has 29 heavy (non-hydrogen) atoms. The topological polar surface area (TPSA) is 88.7 Å². The van der Waals surface area contributed by atoms with Crippen LogP contribution in [-0.4, -0.2) is 53.6 Å². The van der Waals surface area contributed by atoms with Gasteiger partial charge in [-0.05, 0) is 23.1 Å². The van der Waals surface area contributed by atoms with E-state index in [2.05, 4.69) is 5.10 Å². The van der Waals surface area contributed by atoms with E-state index in [1.165, 1.54) is 25.7 Å². The summed E-state index contributed by atoms with van der Waals surface area (Å²) in [5, 5.41) is 7.37. The van der Waals surface area contributed by atoms with Crippen molar-refractivity contribution in [1.29, 1.82) is 0 Å². The third-order valence-corrected chi connectivity index (χ3v) is 7.02. The van der Waals surface area contributed by atoms with Crippen LogP contribution in [0.1, 0.15) is 5.56 Å². The number of sulfonamides is 1. The van der Waals surface area contributed by atoms with Gasteiger partial charge >= 0.3 is 5.76 Å². The van der Waals surface area contributed by atoms with E-state index in [0.717, 1.165) is 10.4 Å². The van der Waals surface area contributed by atoms with E-state index >= 15 is 0 Å². The van der Waals surface area contributed by atoms with Crippen LogP contribution in [0.3, 0.4) is 0 Å². The van der Waals surface area contributed by atoms with Crippen molar-refractivity contribution in [3.05, 3.63) is 69.4 Å². The number of benzene rings is 1. The number of piperazine rings is 1. The molecule has 4 rings (SSSR count). The molecule has 1 aliphatic rings. The average molecular weight is 433 g/mol. The Morgan fingerprint density at radius 3 is 2.52 bits per heavy atom. The zero-order valence-electron chi connectivity index (χ0n) is 15.5. The largest absolute Gasteiger partial charge is 0.438 e. The SMILES string of the molecule is O=c1oc(-c2cccs2)nn1CN1CCN(S(=O)(=O)/C=C/c2ccccc2)CC1. The minimum absolute atomic E-state index is 0.265. The summed E-state index contributed by atoms with van der Waals surface area (Å²) in [5.41, 5.74) is 0.835. The van der Waals surface area contributed by atoms with Gasteiger partial charge in [0.05, 0.1) is 4.88 Å². The molecule has 0 unspecified atom stereocenters. The van der Waals surface area contributed by atoms with Crippen molar-refractivity contribution in [2.45, 2.75) is 6.67 Å². The molecule has 0 aliphatic carbocycles. The molecular weight excluding hydrogens is 412 g/mol. The first kappa shape index (κ1) is 19.8. The lowest BCUT2D eigenvalue weighted by Gasteiger charge is -2.32. The van der Waals surface area contributed by atoms with Gasteiger partial charge in [-0.1, -0.05) is 36.4 Å². The Bertz CT molecular complexity index is 1130. The maximum Gasteiger partial charge on any atom is 0.438 e. The highest BCUT2D eigenvalue weighted by molar-refractivity contribution is 7.92. The molecule has 0 amide bonds. The van der Waals surface area contributed by atoms with Gasteiger partial charge in [0.15, 0.2) is 0 Å². The molecule has 0 spiro atoms. The van der Waals surface area contributed by atoms with Crippen LogP contribution in [0.4, 0.5) is 0 Å². The summed E-state index contributed by atoms with van der Waals surface area (Å²) < 4.78 is 33.0. The summed E-state index contributed by atoms with van der Waals surface area (Å²) in [6, 6.07) is 13.0. The number of nitrogens with zero attached hydrogens (tertiary/aromatic N) is 4. The summed E-state index contributed by atoms with van der Waals surface area (Å²) in [7, 11) is -3.49. The molecule has 152 valence electrons. The van der Waals surface area contributed by atoms with Gasteiger partial charge in [0.25, 0.3) is 5.89 Å². The van der Waals surface area contributed by atoms with Crippen molar-refractivity contribution in [3.8, 4) is 10.8 Å². The second kappa shape index (κ2) is 8.46. The highest BCUT2D eigenvalue weighted by Gasteiger charge is 2.26. The monoisotopic (exact) mass is 432 g/mol. The van der Waals surface area contributed by atoms with Crippen LogP contribution >= 0.6 is 11.3 Å². The fourth-order valence-corrected chi connectivity index (χ4v) is 4.84. The molecule has 1 saturated heterocycles. The van der Waals surface area contributed by atoms with Crippen molar-refractivity contribution in [2.24, 2.45) is 0 Å². The lowest BCUT2D eigenvalue weighted by molar-refractivity contribution is 0.142. The summed E-state index contributed by atoms with van der Waals surface area (Å²) in [5.74, 6) is -0.216. The zero-order chi connectivity index (χ0) is 20.3. The van der Waals surface area contributed by atoms with Gasteiger partial charge in [0.2, 0.25) is 10.0 Å². The van der Waals surface area contributed by atoms with E-state index < -0.39 is 15.8 Å². The predicted octanol–water partition coefficient (Wildman–Crippen LogP) is 2.14. The van der Waals surface area contributed by atoms with E-state index in [0.29, 0.717) is 32.1 Å². The standard InChI is InChI=1S/C19H20N4O4S2/c24-19-23(20-18(27-19)17-7-4-13-28-17)15-21-9-11-22(12-10-21)29(25,26)14-8-16-5-2-1-3-6-16/h1-8,13-14H,9-12,15H2/b14-8+. The summed E-state index contributed by atoms with van der Waals surface area (Å²) >= 11 is 1.45. The van der Waals surface area contributed by atoms with Crippen LogP contribution in [0.2, 0.25) is 0 Å². The number of rotatable bonds is 6. The van der Waals surface area contributed by atoms with E-state index in [1.807, 2.05) is 52.7 Å². The summed E-state index contributed by atoms with van der Waals surface area (Å²) in [6.45, 7) is 1.98. The first-order valence-corrected chi connectivity index (χ1v) is 11.5. The third kappa shape index (κ3) is 4.73. The lowest BCUT2D eigenvalue weighted by atomic mass is 10.2. The highest BCUT2D eigenvalue weighted by Crippen LogP contribution is 2.21. The van der Waals surface area contributed by atoms with Gasteiger partial charge in [0, 0.05) is 31.6 Å². The van der Waals surface area contributed by atoms with Gasteiger partial charge in [-0.2, -0.15) is 8.99 Å². The second-order valence-electron chi connectivity index (χ2n) is 6.57. The molecule has 2 aromatic heterocycles. The Hall–Kier alpha value is -2.53. The minimum atomic E-state index is -3.49. The van der Waals surface area contributed by atoms with Gasteiger partial charge < -0.3 is 4.42 Å². The van der Waals surface area contributed by atoms with Crippen LogP contribution in [0.25, 0.3) is 16.8 Å². The Labute approximate surface area is 172 Å². The normalized spacial score (nSPS) is 16.6. The Kier molecular flexibility index (Phi) is 5.76. The molecular formula is C19H20N4O4S2. The van der Waals surface area contributed by atoms with Crippen molar-refractivity contribution in [3.63, 3.8) is 0 Å². The first-order valence-electron chi connectivity index (χ1n) is 9.09. The molecule has 0 N–H and O–H groups in total. The van der Waals surface area contributed by atoms with Gasteiger partial charge in [-0.3, -0.25) is 4.90 Å². The van der Waals surface area contributed by atoms with Crippen LogP contribution in [0.5, 0.6) is 0 Å². The maximum atomic E-state index is 12.6. The molecule has 10 heteroatoms. The van der Waals surface area contributed by atoms with E-state index in [4.69, 9.17) is 4.42 Å². The molecule has 0 atom stereocenters.